The number of nitrogens with two attached hydrogens (primary N) is 1. The third kappa shape index (κ3) is 2.12. The van der Waals surface area contributed by atoms with Gasteiger partial charge in [-0.05, 0) is 44.7 Å². The first-order chi connectivity index (χ1) is 7.20. The first-order valence-electron chi connectivity index (χ1n) is 5.54. The van der Waals surface area contributed by atoms with Crippen LogP contribution in [-0.2, 0) is 6.54 Å². The highest BCUT2D eigenvalue weighted by Crippen LogP contribution is 2.27. The van der Waals surface area contributed by atoms with Crippen LogP contribution in [-0.4, -0.2) is 11.1 Å². The zero-order valence-electron chi connectivity index (χ0n) is 9.42. The summed E-state index contributed by atoms with van der Waals surface area (Å²) in [7, 11) is 0. The first kappa shape index (κ1) is 10.4. The molecular formula is C12H18N2O. The molecule has 1 aliphatic carbocycles. The van der Waals surface area contributed by atoms with Crippen LogP contribution in [0.4, 0.5) is 0 Å². The number of rotatable bonds is 3. The van der Waals surface area contributed by atoms with Gasteiger partial charge in [-0.3, -0.25) is 0 Å². The molecule has 1 fully saturated rings. The van der Waals surface area contributed by atoms with Crippen LogP contribution in [0, 0.1) is 13.8 Å². The van der Waals surface area contributed by atoms with Gasteiger partial charge in [0.1, 0.15) is 6.10 Å². The molecule has 3 heteroatoms. The Morgan fingerprint density at radius 2 is 2.20 bits per heavy atom. The van der Waals surface area contributed by atoms with E-state index in [9.17, 15) is 0 Å². The minimum atomic E-state index is 0.365. The summed E-state index contributed by atoms with van der Waals surface area (Å²) >= 11 is 0. The van der Waals surface area contributed by atoms with Crippen molar-refractivity contribution in [3.63, 3.8) is 0 Å². The van der Waals surface area contributed by atoms with Gasteiger partial charge in [0.15, 0.2) is 0 Å². The fourth-order valence-corrected chi connectivity index (χ4v) is 1.82. The van der Waals surface area contributed by atoms with Gasteiger partial charge in [0.25, 0.3) is 0 Å². The van der Waals surface area contributed by atoms with Crippen LogP contribution in [0.2, 0.25) is 0 Å². The monoisotopic (exact) mass is 206 g/mol. The van der Waals surface area contributed by atoms with Crippen LogP contribution >= 0.6 is 0 Å². The molecule has 0 amide bonds. The molecule has 1 heterocycles. The fraction of sp³-hybridized carbons (Fsp3) is 0.583. The van der Waals surface area contributed by atoms with Gasteiger partial charge in [0, 0.05) is 17.8 Å². The molecule has 0 spiro atoms. The Bertz CT molecular complexity index is 359. The van der Waals surface area contributed by atoms with Gasteiger partial charge in [-0.15, -0.1) is 0 Å². The number of hydrogen-bond donors (Lipinski definition) is 1. The zero-order chi connectivity index (χ0) is 10.8. The summed E-state index contributed by atoms with van der Waals surface area (Å²) in [6.45, 7) is 4.55. The molecular weight excluding hydrogens is 188 g/mol. The van der Waals surface area contributed by atoms with Gasteiger partial charge in [0.05, 0.1) is 0 Å². The van der Waals surface area contributed by atoms with Gasteiger partial charge in [-0.2, -0.15) is 0 Å². The summed E-state index contributed by atoms with van der Waals surface area (Å²) in [5, 5.41) is 0. The number of aromatic nitrogens is 1. The second-order valence-electron chi connectivity index (χ2n) is 4.24. The van der Waals surface area contributed by atoms with Crippen LogP contribution < -0.4 is 10.5 Å². The van der Waals surface area contributed by atoms with Gasteiger partial charge in [-0.1, -0.05) is 0 Å². The Morgan fingerprint density at radius 1 is 1.47 bits per heavy atom. The minimum absolute atomic E-state index is 0.365. The van der Waals surface area contributed by atoms with E-state index in [2.05, 4.69) is 18.0 Å². The number of pyridine rings is 1. The molecule has 3 nitrogen and oxygen atoms in total. The predicted octanol–water partition coefficient (Wildman–Crippen LogP) is 2.09. The maximum absolute atomic E-state index is 5.84. The van der Waals surface area contributed by atoms with Crippen molar-refractivity contribution in [3.8, 4) is 5.88 Å². The average molecular weight is 206 g/mol. The van der Waals surface area contributed by atoms with E-state index >= 15 is 0 Å². The first-order valence-corrected chi connectivity index (χ1v) is 5.54. The highest BCUT2D eigenvalue weighted by Gasteiger charge is 2.21. The van der Waals surface area contributed by atoms with Crippen LogP contribution in [0.3, 0.4) is 0 Å². The van der Waals surface area contributed by atoms with Crippen molar-refractivity contribution in [1.29, 1.82) is 0 Å². The third-order valence-corrected chi connectivity index (χ3v) is 2.97. The van der Waals surface area contributed by atoms with E-state index in [4.69, 9.17) is 10.5 Å². The lowest BCUT2D eigenvalue weighted by Gasteiger charge is -2.27. The molecule has 1 aromatic rings. The summed E-state index contributed by atoms with van der Waals surface area (Å²) in [6, 6.07) is 2.05. The molecule has 1 aliphatic rings. The van der Waals surface area contributed by atoms with Crippen LogP contribution in [0.1, 0.15) is 36.1 Å². The molecule has 1 aromatic heterocycles. The molecule has 82 valence electrons. The van der Waals surface area contributed by atoms with Crippen molar-refractivity contribution in [2.45, 2.75) is 45.8 Å². The van der Waals surface area contributed by atoms with Crippen LogP contribution in [0.5, 0.6) is 5.88 Å². The Hall–Kier alpha value is -1.09. The molecule has 0 radical (unpaired) electrons. The lowest BCUT2D eigenvalue weighted by Crippen LogP contribution is -2.26. The second kappa shape index (κ2) is 4.19. The predicted molar refractivity (Wildman–Crippen MR) is 59.9 cm³/mol. The van der Waals surface area contributed by atoms with Crippen LogP contribution in [0.25, 0.3) is 0 Å². The molecule has 15 heavy (non-hydrogen) atoms. The number of hydrogen-bond acceptors (Lipinski definition) is 3. The highest BCUT2D eigenvalue weighted by molar-refractivity contribution is 5.35. The van der Waals surface area contributed by atoms with E-state index in [1.165, 1.54) is 12.0 Å². The van der Waals surface area contributed by atoms with Crippen molar-refractivity contribution in [2.75, 3.05) is 0 Å². The Labute approximate surface area is 90.7 Å². The lowest BCUT2D eigenvalue weighted by atomic mass is 9.96. The van der Waals surface area contributed by atoms with Crippen molar-refractivity contribution in [3.05, 3.63) is 22.9 Å². The van der Waals surface area contributed by atoms with E-state index in [1.807, 2.05) is 6.92 Å². The van der Waals surface area contributed by atoms with Gasteiger partial charge in [0.2, 0.25) is 5.88 Å². The molecule has 2 N–H and O–H groups in total. The third-order valence-electron chi connectivity index (χ3n) is 2.97. The normalized spacial score (nSPS) is 16.2. The van der Waals surface area contributed by atoms with E-state index < -0.39 is 0 Å². The number of ether oxygens (including phenoxy) is 1. The Kier molecular flexibility index (Phi) is 2.91. The summed E-state index contributed by atoms with van der Waals surface area (Å²) in [4.78, 5) is 4.42. The summed E-state index contributed by atoms with van der Waals surface area (Å²) in [6.07, 6.45) is 3.94. The maximum Gasteiger partial charge on any atom is 0.218 e. The maximum atomic E-state index is 5.84. The minimum Gasteiger partial charge on any atom is -0.474 e. The molecule has 0 atom stereocenters. The van der Waals surface area contributed by atoms with E-state index in [1.54, 1.807) is 0 Å². The number of aryl methyl sites for hydroxylation is 2. The van der Waals surface area contributed by atoms with E-state index in [0.29, 0.717) is 12.6 Å². The summed E-state index contributed by atoms with van der Waals surface area (Å²) in [5.74, 6) is 0.750. The summed E-state index contributed by atoms with van der Waals surface area (Å²) in [5.41, 5.74) is 8.94. The fourth-order valence-electron chi connectivity index (χ4n) is 1.82. The molecule has 1 saturated carbocycles. The topological polar surface area (TPSA) is 48.1 Å². The average Bonchev–Trinajstić information content (AvgIpc) is 2.10. The smallest absolute Gasteiger partial charge is 0.218 e. The quantitative estimate of drug-likeness (QED) is 0.823. The van der Waals surface area contributed by atoms with Crippen molar-refractivity contribution >= 4 is 0 Å². The van der Waals surface area contributed by atoms with Crippen molar-refractivity contribution < 1.29 is 4.74 Å². The molecule has 0 aliphatic heterocycles. The van der Waals surface area contributed by atoms with Crippen molar-refractivity contribution in [1.82, 2.24) is 4.98 Å². The molecule has 2 rings (SSSR count). The standard InChI is InChI=1S/C12H18N2O/c1-8-6-9(2)14-12(11(8)7-13)15-10-4-3-5-10/h6,10H,3-5,7,13H2,1-2H3. The van der Waals surface area contributed by atoms with Gasteiger partial charge >= 0.3 is 0 Å². The molecule has 0 bridgehead atoms. The van der Waals surface area contributed by atoms with Gasteiger partial charge < -0.3 is 10.5 Å². The molecule has 0 saturated heterocycles. The van der Waals surface area contributed by atoms with Gasteiger partial charge in [-0.25, -0.2) is 4.98 Å². The Balaban J connectivity index is 2.25. The highest BCUT2D eigenvalue weighted by atomic mass is 16.5. The van der Waals surface area contributed by atoms with E-state index in [0.717, 1.165) is 30.0 Å². The second-order valence-corrected chi connectivity index (χ2v) is 4.24. The zero-order valence-corrected chi connectivity index (χ0v) is 9.42. The lowest BCUT2D eigenvalue weighted by molar-refractivity contribution is 0.113. The van der Waals surface area contributed by atoms with Crippen molar-refractivity contribution in [2.24, 2.45) is 5.73 Å². The molecule has 0 unspecified atom stereocenters. The molecule has 0 aromatic carbocycles. The Morgan fingerprint density at radius 3 is 2.73 bits per heavy atom. The van der Waals surface area contributed by atoms with Crippen LogP contribution in [0.15, 0.2) is 6.07 Å². The number of nitrogens with zero attached hydrogens (tertiary/aromatic N) is 1. The SMILES string of the molecule is Cc1cc(C)c(CN)c(OC2CCC2)n1. The summed E-state index contributed by atoms with van der Waals surface area (Å²) < 4.78 is 5.84. The van der Waals surface area contributed by atoms with E-state index in [-0.39, 0.29) is 0 Å². The largest absolute Gasteiger partial charge is 0.474 e.